The molecule has 2 aliphatic rings. The molecule has 0 radical (unpaired) electrons. The highest BCUT2D eigenvalue weighted by atomic mass is 16.5. The van der Waals surface area contributed by atoms with Crippen LogP contribution in [0.2, 0.25) is 0 Å². The van der Waals surface area contributed by atoms with Crippen molar-refractivity contribution in [3.8, 4) is 0 Å². The largest absolute Gasteiger partial charge is 0.379 e. The van der Waals surface area contributed by atoms with Crippen LogP contribution in [0.25, 0.3) is 0 Å². The lowest BCUT2D eigenvalue weighted by molar-refractivity contribution is -0.123. The zero-order chi connectivity index (χ0) is 13.0. The molecule has 4 heteroatoms. The van der Waals surface area contributed by atoms with Crippen LogP contribution in [0.1, 0.15) is 51.4 Å². The van der Waals surface area contributed by atoms with Crippen molar-refractivity contribution in [2.45, 2.75) is 69.6 Å². The number of rotatable bonds is 4. The van der Waals surface area contributed by atoms with Crippen molar-refractivity contribution >= 4 is 5.91 Å². The predicted octanol–water partition coefficient (Wildman–Crippen LogP) is 1.58. The molecule has 2 saturated carbocycles. The van der Waals surface area contributed by atoms with E-state index in [1.807, 2.05) is 0 Å². The molecule has 0 spiro atoms. The zero-order valence-electron chi connectivity index (χ0n) is 11.4. The second-order valence-electron chi connectivity index (χ2n) is 5.86. The van der Waals surface area contributed by atoms with E-state index in [9.17, 15) is 4.79 Å². The molecule has 2 aliphatic carbocycles. The molecular weight excluding hydrogens is 228 g/mol. The van der Waals surface area contributed by atoms with Gasteiger partial charge in [0.05, 0.1) is 12.1 Å². The molecule has 0 aromatic heterocycles. The van der Waals surface area contributed by atoms with Crippen LogP contribution in [0.4, 0.5) is 0 Å². The number of hydrogen-bond donors (Lipinski definition) is 2. The summed E-state index contributed by atoms with van der Waals surface area (Å²) in [5.74, 6) is 0.733. The number of ether oxygens (including phenoxy) is 1. The van der Waals surface area contributed by atoms with Crippen LogP contribution in [-0.2, 0) is 9.53 Å². The predicted molar refractivity (Wildman–Crippen MR) is 71.1 cm³/mol. The third kappa shape index (κ3) is 3.69. The number of carbonyl (C=O) groups is 1. The normalized spacial score (nSPS) is 36.6. The minimum atomic E-state index is 0.199. The first-order valence-electron chi connectivity index (χ1n) is 7.26. The second kappa shape index (κ2) is 6.53. The fraction of sp³-hybridized carbons (Fsp3) is 0.929. The molecule has 1 amide bonds. The summed E-state index contributed by atoms with van der Waals surface area (Å²) in [5.41, 5.74) is 5.88. The molecule has 2 atom stereocenters. The summed E-state index contributed by atoms with van der Waals surface area (Å²) in [5, 5.41) is 3.14. The van der Waals surface area contributed by atoms with Crippen LogP contribution in [0.15, 0.2) is 0 Å². The lowest BCUT2D eigenvalue weighted by Gasteiger charge is -2.26. The van der Waals surface area contributed by atoms with Gasteiger partial charge >= 0.3 is 0 Å². The van der Waals surface area contributed by atoms with Gasteiger partial charge in [0.15, 0.2) is 0 Å². The maximum Gasteiger partial charge on any atom is 0.220 e. The maximum atomic E-state index is 12.0. The Balaban J connectivity index is 1.71. The molecule has 2 fully saturated rings. The van der Waals surface area contributed by atoms with E-state index < -0.39 is 0 Å². The quantitative estimate of drug-likeness (QED) is 0.800. The van der Waals surface area contributed by atoms with E-state index >= 15 is 0 Å². The van der Waals surface area contributed by atoms with Crippen molar-refractivity contribution in [1.82, 2.24) is 5.32 Å². The molecule has 0 bridgehead atoms. The molecular formula is C14H26N2O2. The maximum absolute atomic E-state index is 12.0. The van der Waals surface area contributed by atoms with Crippen LogP contribution in [0.3, 0.4) is 0 Å². The minimum Gasteiger partial charge on any atom is -0.379 e. The first-order chi connectivity index (χ1) is 8.69. The molecule has 0 saturated heterocycles. The number of carbonyl (C=O) groups excluding carboxylic acids is 1. The summed E-state index contributed by atoms with van der Waals surface area (Å²) in [4.78, 5) is 12.0. The van der Waals surface area contributed by atoms with Crippen LogP contribution >= 0.6 is 0 Å². The van der Waals surface area contributed by atoms with Gasteiger partial charge in [-0.1, -0.05) is 0 Å². The Bertz CT molecular complexity index is 275. The summed E-state index contributed by atoms with van der Waals surface area (Å²) in [6.07, 6.45) is 8.51. The molecule has 104 valence electrons. The van der Waals surface area contributed by atoms with Crippen molar-refractivity contribution < 1.29 is 9.53 Å². The summed E-state index contributed by atoms with van der Waals surface area (Å²) in [6.45, 7) is 0. The standard InChI is InChI=1S/C14H26N2O2/c1-18-13-4-2-3-12(13)16-14(17)9-10-5-7-11(15)8-6-10/h10-13H,2-9,15H2,1H3,(H,16,17). The molecule has 18 heavy (non-hydrogen) atoms. The van der Waals surface area contributed by atoms with Gasteiger partial charge in [0.1, 0.15) is 0 Å². The highest BCUT2D eigenvalue weighted by Gasteiger charge is 2.29. The third-order valence-electron chi connectivity index (χ3n) is 4.47. The lowest BCUT2D eigenvalue weighted by atomic mass is 9.84. The molecule has 3 N–H and O–H groups in total. The van der Waals surface area contributed by atoms with E-state index in [1.54, 1.807) is 7.11 Å². The fourth-order valence-corrected chi connectivity index (χ4v) is 3.29. The molecule has 0 aromatic rings. The minimum absolute atomic E-state index is 0.199. The Kier molecular flexibility index (Phi) is 5.01. The Labute approximate surface area is 110 Å². The van der Waals surface area contributed by atoms with Gasteiger partial charge in [0.2, 0.25) is 5.91 Å². The van der Waals surface area contributed by atoms with Crippen LogP contribution in [-0.4, -0.2) is 31.2 Å². The molecule has 2 unspecified atom stereocenters. The highest BCUT2D eigenvalue weighted by molar-refractivity contribution is 5.76. The van der Waals surface area contributed by atoms with Crippen LogP contribution in [0, 0.1) is 5.92 Å². The van der Waals surface area contributed by atoms with E-state index in [2.05, 4.69) is 5.32 Å². The van der Waals surface area contributed by atoms with E-state index in [1.165, 1.54) is 0 Å². The average molecular weight is 254 g/mol. The number of nitrogens with one attached hydrogen (secondary N) is 1. The Hall–Kier alpha value is -0.610. The number of nitrogens with two attached hydrogens (primary N) is 1. The smallest absolute Gasteiger partial charge is 0.220 e. The van der Waals surface area contributed by atoms with Crippen LogP contribution in [0.5, 0.6) is 0 Å². The van der Waals surface area contributed by atoms with E-state index in [4.69, 9.17) is 10.5 Å². The summed E-state index contributed by atoms with van der Waals surface area (Å²) < 4.78 is 5.40. The molecule has 0 aromatic carbocycles. The van der Waals surface area contributed by atoms with Gasteiger partial charge in [-0.3, -0.25) is 4.79 Å². The van der Waals surface area contributed by atoms with Gasteiger partial charge in [-0.2, -0.15) is 0 Å². The van der Waals surface area contributed by atoms with Gasteiger partial charge in [0, 0.05) is 19.6 Å². The van der Waals surface area contributed by atoms with E-state index in [0.717, 1.165) is 44.9 Å². The average Bonchev–Trinajstić information content (AvgIpc) is 2.79. The number of hydrogen-bond acceptors (Lipinski definition) is 3. The van der Waals surface area contributed by atoms with Crippen LogP contribution < -0.4 is 11.1 Å². The van der Waals surface area contributed by atoms with E-state index in [-0.39, 0.29) is 18.1 Å². The third-order valence-corrected chi connectivity index (χ3v) is 4.47. The Morgan fingerprint density at radius 2 is 1.94 bits per heavy atom. The topological polar surface area (TPSA) is 64.3 Å². The van der Waals surface area contributed by atoms with Crippen molar-refractivity contribution in [3.63, 3.8) is 0 Å². The van der Waals surface area contributed by atoms with Gasteiger partial charge in [0.25, 0.3) is 0 Å². The first-order valence-corrected chi connectivity index (χ1v) is 7.26. The van der Waals surface area contributed by atoms with Gasteiger partial charge < -0.3 is 15.8 Å². The second-order valence-corrected chi connectivity index (χ2v) is 5.86. The van der Waals surface area contributed by atoms with Crippen molar-refractivity contribution in [1.29, 1.82) is 0 Å². The summed E-state index contributed by atoms with van der Waals surface area (Å²) in [6, 6.07) is 0.588. The molecule has 0 aliphatic heterocycles. The zero-order valence-corrected chi connectivity index (χ0v) is 11.4. The van der Waals surface area contributed by atoms with E-state index in [0.29, 0.717) is 18.4 Å². The molecule has 0 heterocycles. The van der Waals surface area contributed by atoms with Crippen molar-refractivity contribution in [2.75, 3.05) is 7.11 Å². The number of methoxy groups -OCH3 is 1. The van der Waals surface area contributed by atoms with Crippen molar-refractivity contribution in [2.24, 2.45) is 11.7 Å². The SMILES string of the molecule is COC1CCCC1NC(=O)CC1CCC(N)CC1. The highest BCUT2D eigenvalue weighted by Crippen LogP contribution is 2.26. The number of amides is 1. The van der Waals surface area contributed by atoms with Gasteiger partial charge in [-0.15, -0.1) is 0 Å². The van der Waals surface area contributed by atoms with Crippen molar-refractivity contribution in [3.05, 3.63) is 0 Å². The van der Waals surface area contributed by atoms with Gasteiger partial charge in [-0.05, 0) is 50.9 Å². The lowest BCUT2D eigenvalue weighted by Crippen LogP contribution is -2.41. The summed E-state index contributed by atoms with van der Waals surface area (Å²) >= 11 is 0. The Morgan fingerprint density at radius 1 is 1.22 bits per heavy atom. The first kappa shape index (κ1) is 13.8. The fourth-order valence-electron chi connectivity index (χ4n) is 3.29. The Morgan fingerprint density at radius 3 is 2.61 bits per heavy atom. The molecule has 4 nitrogen and oxygen atoms in total. The molecule has 2 rings (SSSR count). The van der Waals surface area contributed by atoms with Gasteiger partial charge in [-0.25, -0.2) is 0 Å². The monoisotopic (exact) mass is 254 g/mol. The summed E-state index contributed by atoms with van der Waals surface area (Å²) in [7, 11) is 1.73.